The highest BCUT2D eigenvalue weighted by Gasteiger charge is 2.33. The third kappa shape index (κ3) is 1.06. The van der Waals surface area contributed by atoms with E-state index in [9.17, 15) is 0 Å². The highest BCUT2D eigenvalue weighted by molar-refractivity contribution is 5.59. The standard InChI is InChI=1S/C12H14N/c1-3-7-11-9(5-1)10-6-2-4-8-12(10)13-11/h4,6,8-9,11,13H,1,3,5,7H2. The molecule has 0 spiro atoms. The molecule has 1 aromatic carbocycles. The third-order valence-electron chi connectivity index (χ3n) is 3.40. The van der Waals surface area contributed by atoms with Gasteiger partial charge in [0.2, 0.25) is 0 Å². The molecule has 2 unspecified atom stereocenters. The van der Waals surface area contributed by atoms with Crippen LogP contribution in [0.2, 0.25) is 0 Å². The Morgan fingerprint density at radius 1 is 1.31 bits per heavy atom. The van der Waals surface area contributed by atoms with Gasteiger partial charge in [0, 0.05) is 17.6 Å². The van der Waals surface area contributed by atoms with Crippen molar-refractivity contribution >= 4 is 5.69 Å². The van der Waals surface area contributed by atoms with Crippen LogP contribution in [0.15, 0.2) is 18.2 Å². The van der Waals surface area contributed by atoms with E-state index in [1.807, 2.05) is 6.07 Å². The van der Waals surface area contributed by atoms with Gasteiger partial charge >= 0.3 is 0 Å². The van der Waals surface area contributed by atoms with Crippen molar-refractivity contribution in [1.82, 2.24) is 0 Å². The molecule has 1 aliphatic carbocycles. The molecule has 0 saturated heterocycles. The van der Waals surface area contributed by atoms with E-state index in [1.165, 1.54) is 36.9 Å². The predicted molar refractivity (Wildman–Crippen MR) is 53.9 cm³/mol. The zero-order valence-corrected chi connectivity index (χ0v) is 7.72. The summed E-state index contributed by atoms with van der Waals surface area (Å²) in [4.78, 5) is 0. The van der Waals surface area contributed by atoms with Crippen molar-refractivity contribution in [3.8, 4) is 0 Å². The average molecular weight is 172 g/mol. The van der Waals surface area contributed by atoms with Gasteiger partial charge in [-0.3, -0.25) is 0 Å². The SMILES string of the molecule is [c]1ccc2c(c1)C1CCCCC1N2. The van der Waals surface area contributed by atoms with E-state index in [0.717, 1.165) is 12.0 Å². The summed E-state index contributed by atoms with van der Waals surface area (Å²) in [6.07, 6.45) is 5.50. The Balaban J connectivity index is 2.01. The van der Waals surface area contributed by atoms with Gasteiger partial charge in [0.25, 0.3) is 0 Å². The first-order chi connectivity index (χ1) is 6.45. The molecule has 2 atom stereocenters. The van der Waals surface area contributed by atoms with E-state index in [0.29, 0.717) is 0 Å². The fourth-order valence-electron chi connectivity index (χ4n) is 2.76. The van der Waals surface area contributed by atoms with Crippen molar-refractivity contribution in [2.75, 3.05) is 5.32 Å². The van der Waals surface area contributed by atoms with Crippen molar-refractivity contribution in [3.05, 3.63) is 29.8 Å². The van der Waals surface area contributed by atoms with Crippen LogP contribution in [0, 0.1) is 6.07 Å². The van der Waals surface area contributed by atoms with Crippen molar-refractivity contribution in [2.45, 2.75) is 37.6 Å². The number of nitrogens with one attached hydrogen (secondary N) is 1. The highest BCUT2D eigenvalue weighted by Crippen LogP contribution is 2.43. The number of hydrogen-bond donors (Lipinski definition) is 1. The Bertz CT molecular complexity index is 319. The van der Waals surface area contributed by atoms with Crippen molar-refractivity contribution in [3.63, 3.8) is 0 Å². The Morgan fingerprint density at radius 2 is 2.23 bits per heavy atom. The fourth-order valence-corrected chi connectivity index (χ4v) is 2.76. The summed E-state index contributed by atoms with van der Waals surface area (Å²) in [5.74, 6) is 0.779. The van der Waals surface area contributed by atoms with E-state index in [-0.39, 0.29) is 0 Å². The van der Waals surface area contributed by atoms with E-state index in [2.05, 4.69) is 23.5 Å². The lowest BCUT2D eigenvalue weighted by atomic mass is 9.83. The largest absolute Gasteiger partial charge is 0.381 e. The van der Waals surface area contributed by atoms with Crippen LogP contribution in [0.5, 0.6) is 0 Å². The van der Waals surface area contributed by atoms with Crippen molar-refractivity contribution in [1.29, 1.82) is 0 Å². The first kappa shape index (κ1) is 7.43. The molecule has 1 nitrogen and oxygen atoms in total. The molecule has 2 aliphatic rings. The Hall–Kier alpha value is -0.980. The van der Waals surface area contributed by atoms with E-state index in [1.54, 1.807) is 0 Å². The molecule has 0 amide bonds. The van der Waals surface area contributed by atoms with E-state index < -0.39 is 0 Å². The van der Waals surface area contributed by atoms with E-state index >= 15 is 0 Å². The maximum absolute atomic E-state index is 3.62. The zero-order chi connectivity index (χ0) is 8.67. The molecular formula is C12H14N. The van der Waals surface area contributed by atoms with Gasteiger partial charge in [-0.15, -0.1) is 0 Å². The van der Waals surface area contributed by atoms with Gasteiger partial charge in [-0.1, -0.05) is 18.9 Å². The van der Waals surface area contributed by atoms with Crippen LogP contribution >= 0.6 is 0 Å². The summed E-state index contributed by atoms with van der Waals surface area (Å²) in [5, 5.41) is 3.62. The van der Waals surface area contributed by atoms with E-state index in [4.69, 9.17) is 0 Å². The van der Waals surface area contributed by atoms with Crippen LogP contribution in [0.4, 0.5) is 5.69 Å². The maximum atomic E-state index is 3.62. The number of benzene rings is 1. The van der Waals surface area contributed by atoms with Crippen LogP contribution in [0.25, 0.3) is 0 Å². The van der Waals surface area contributed by atoms with Gasteiger partial charge in [0.05, 0.1) is 0 Å². The van der Waals surface area contributed by atoms with Gasteiger partial charge in [-0.2, -0.15) is 0 Å². The minimum Gasteiger partial charge on any atom is -0.381 e. The van der Waals surface area contributed by atoms with Crippen LogP contribution in [0.1, 0.15) is 37.2 Å². The van der Waals surface area contributed by atoms with Gasteiger partial charge in [0.15, 0.2) is 0 Å². The first-order valence-electron chi connectivity index (χ1n) is 5.22. The fraction of sp³-hybridized carbons (Fsp3) is 0.500. The molecule has 67 valence electrons. The summed E-state index contributed by atoms with van der Waals surface area (Å²) in [5.41, 5.74) is 2.86. The van der Waals surface area contributed by atoms with Gasteiger partial charge < -0.3 is 5.32 Å². The number of hydrogen-bond acceptors (Lipinski definition) is 1. The Morgan fingerprint density at radius 3 is 3.23 bits per heavy atom. The number of rotatable bonds is 0. The second kappa shape index (κ2) is 2.76. The summed E-state index contributed by atoms with van der Waals surface area (Å²) in [6.45, 7) is 0. The molecule has 1 fully saturated rings. The molecule has 0 bridgehead atoms. The maximum Gasteiger partial charge on any atom is 0.0379 e. The summed E-state index contributed by atoms with van der Waals surface area (Å²) >= 11 is 0. The molecule has 13 heavy (non-hydrogen) atoms. The predicted octanol–water partition coefficient (Wildman–Crippen LogP) is 2.94. The monoisotopic (exact) mass is 172 g/mol. The molecule has 1 aliphatic heterocycles. The molecule has 1 aromatic rings. The summed E-state index contributed by atoms with van der Waals surface area (Å²) in [6, 6.07) is 10.2. The second-order valence-corrected chi connectivity index (χ2v) is 4.16. The lowest BCUT2D eigenvalue weighted by molar-refractivity contribution is 0.422. The molecule has 1 heteroatoms. The third-order valence-corrected chi connectivity index (χ3v) is 3.40. The van der Waals surface area contributed by atoms with Crippen LogP contribution in [-0.2, 0) is 0 Å². The normalized spacial score (nSPS) is 30.5. The number of anilines is 1. The van der Waals surface area contributed by atoms with Crippen molar-refractivity contribution < 1.29 is 0 Å². The quantitative estimate of drug-likeness (QED) is 0.634. The molecule has 3 rings (SSSR count). The molecule has 1 radical (unpaired) electrons. The highest BCUT2D eigenvalue weighted by atomic mass is 15.0. The van der Waals surface area contributed by atoms with Crippen LogP contribution in [0.3, 0.4) is 0 Å². The Kier molecular flexibility index (Phi) is 1.58. The molecule has 1 N–H and O–H groups in total. The summed E-state index contributed by atoms with van der Waals surface area (Å²) < 4.78 is 0. The topological polar surface area (TPSA) is 12.0 Å². The molecule has 1 heterocycles. The zero-order valence-electron chi connectivity index (χ0n) is 7.72. The molecule has 1 saturated carbocycles. The molecule has 0 aromatic heterocycles. The minimum atomic E-state index is 0.722. The lowest BCUT2D eigenvalue weighted by Crippen LogP contribution is -2.23. The molecular weight excluding hydrogens is 158 g/mol. The van der Waals surface area contributed by atoms with Crippen LogP contribution < -0.4 is 5.32 Å². The second-order valence-electron chi connectivity index (χ2n) is 4.16. The minimum absolute atomic E-state index is 0.722. The Labute approximate surface area is 79.2 Å². The van der Waals surface area contributed by atoms with Gasteiger partial charge in [0.1, 0.15) is 0 Å². The lowest BCUT2D eigenvalue weighted by Gasteiger charge is -2.25. The average Bonchev–Trinajstić information content (AvgIpc) is 2.56. The van der Waals surface area contributed by atoms with Gasteiger partial charge in [-0.25, -0.2) is 0 Å². The van der Waals surface area contributed by atoms with Crippen LogP contribution in [-0.4, -0.2) is 6.04 Å². The number of fused-ring (bicyclic) bond motifs is 3. The first-order valence-corrected chi connectivity index (χ1v) is 5.22. The van der Waals surface area contributed by atoms with Crippen molar-refractivity contribution in [2.24, 2.45) is 0 Å². The smallest absolute Gasteiger partial charge is 0.0379 e. The van der Waals surface area contributed by atoms with Gasteiger partial charge in [-0.05, 0) is 36.6 Å². The summed E-state index contributed by atoms with van der Waals surface area (Å²) in [7, 11) is 0.